The highest BCUT2D eigenvalue weighted by atomic mass is 32.2. The maximum absolute atomic E-state index is 12.8. The maximum atomic E-state index is 12.8. The molecule has 6 nitrogen and oxygen atoms in total. The summed E-state index contributed by atoms with van der Waals surface area (Å²) < 4.78 is 1.74. The number of carbonyl (C=O) groups excluding carboxylic acids is 2. The number of anilines is 1. The standard InChI is InChI=1S/C21H22N4O2S/c1-15-13-25(16-9-5-4-6-10-16)23-20(15)22-21(27)17-11-7-8-12-18(17)28-14-19(26)24(2)3/h4-13H,14H2,1-3H3,(H,22,23,27). The molecule has 144 valence electrons. The van der Waals surface area contributed by atoms with Crippen molar-refractivity contribution in [1.82, 2.24) is 14.7 Å². The van der Waals surface area contributed by atoms with Crippen molar-refractivity contribution < 1.29 is 9.59 Å². The fraction of sp³-hybridized carbons (Fsp3) is 0.190. The summed E-state index contributed by atoms with van der Waals surface area (Å²) in [5.74, 6) is 0.538. The molecule has 1 N–H and O–H groups in total. The molecule has 0 radical (unpaired) electrons. The molecule has 28 heavy (non-hydrogen) atoms. The van der Waals surface area contributed by atoms with Crippen LogP contribution in [0.1, 0.15) is 15.9 Å². The molecule has 0 aliphatic heterocycles. The monoisotopic (exact) mass is 394 g/mol. The van der Waals surface area contributed by atoms with E-state index in [9.17, 15) is 9.59 Å². The third-order valence-electron chi connectivity index (χ3n) is 4.13. The Balaban J connectivity index is 1.77. The Morgan fingerprint density at radius 1 is 1.07 bits per heavy atom. The number of amides is 2. The molecule has 7 heteroatoms. The van der Waals surface area contributed by atoms with E-state index in [0.717, 1.165) is 16.1 Å². The average molecular weight is 395 g/mol. The Labute approximate surface area is 168 Å². The van der Waals surface area contributed by atoms with Crippen LogP contribution in [-0.4, -0.2) is 46.3 Å². The minimum Gasteiger partial charge on any atom is -0.348 e. The van der Waals surface area contributed by atoms with E-state index in [1.807, 2.05) is 61.7 Å². The lowest BCUT2D eigenvalue weighted by Crippen LogP contribution is -2.23. The zero-order valence-electron chi connectivity index (χ0n) is 16.0. The Morgan fingerprint density at radius 3 is 2.46 bits per heavy atom. The van der Waals surface area contributed by atoms with E-state index < -0.39 is 0 Å². The maximum Gasteiger partial charge on any atom is 0.258 e. The van der Waals surface area contributed by atoms with Gasteiger partial charge in [-0.25, -0.2) is 4.68 Å². The molecule has 1 aromatic heterocycles. The van der Waals surface area contributed by atoms with Gasteiger partial charge in [0.2, 0.25) is 5.91 Å². The van der Waals surface area contributed by atoms with Gasteiger partial charge >= 0.3 is 0 Å². The summed E-state index contributed by atoms with van der Waals surface area (Å²) in [5, 5.41) is 7.38. The van der Waals surface area contributed by atoms with Gasteiger partial charge in [-0.2, -0.15) is 0 Å². The van der Waals surface area contributed by atoms with Gasteiger partial charge in [-0.15, -0.1) is 16.9 Å². The first-order valence-electron chi connectivity index (χ1n) is 8.80. The number of nitrogens with one attached hydrogen (secondary N) is 1. The van der Waals surface area contributed by atoms with Crippen LogP contribution >= 0.6 is 11.8 Å². The van der Waals surface area contributed by atoms with Gasteiger partial charge in [0.05, 0.1) is 17.0 Å². The highest BCUT2D eigenvalue weighted by molar-refractivity contribution is 8.00. The first-order chi connectivity index (χ1) is 13.5. The summed E-state index contributed by atoms with van der Waals surface area (Å²) in [7, 11) is 3.43. The number of thioether (sulfide) groups is 1. The van der Waals surface area contributed by atoms with Gasteiger partial charge in [-0.05, 0) is 31.2 Å². The number of hydrogen-bond donors (Lipinski definition) is 1. The topological polar surface area (TPSA) is 67.2 Å². The van der Waals surface area contributed by atoms with E-state index >= 15 is 0 Å². The van der Waals surface area contributed by atoms with Crippen molar-refractivity contribution in [3.63, 3.8) is 0 Å². The molecule has 0 saturated heterocycles. The third-order valence-corrected chi connectivity index (χ3v) is 5.19. The third kappa shape index (κ3) is 4.61. The van der Waals surface area contributed by atoms with E-state index in [-0.39, 0.29) is 17.6 Å². The Kier molecular flexibility index (Phi) is 6.16. The number of rotatable bonds is 6. The number of benzene rings is 2. The second-order valence-corrected chi connectivity index (χ2v) is 7.49. The van der Waals surface area contributed by atoms with Crippen LogP contribution in [0.2, 0.25) is 0 Å². The second kappa shape index (κ2) is 8.75. The normalized spacial score (nSPS) is 10.5. The van der Waals surface area contributed by atoms with Crippen LogP contribution < -0.4 is 5.32 Å². The summed E-state index contributed by atoms with van der Waals surface area (Å²) in [5.41, 5.74) is 2.31. The molecule has 0 atom stereocenters. The summed E-state index contributed by atoms with van der Waals surface area (Å²) >= 11 is 1.35. The van der Waals surface area contributed by atoms with Gasteiger partial charge in [0.1, 0.15) is 0 Å². The van der Waals surface area contributed by atoms with E-state index in [2.05, 4.69) is 10.4 Å². The van der Waals surface area contributed by atoms with Crippen molar-refractivity contribution >= 4 is 29.4 Å². The van der Waals surface area contributed by atoms with Crippen LogP contribution in [0.25, 0.3) is 5.69 Å². The number of para-hydroxylation sites is 1. The van der Waals surface area contributed by atoms with Crippen molar-refractivity contribution in [1.29, 1.82) is 0 Å². The molecule has 0 aliphatic rings. The molecule has 0 aliphatic carbocycles. The summed E-state index contributed by atoms with van der Waals surface area (Å²) in [6, 6.07) is 17.0. The van der Waals surface area contributed by atoms with Crippen LogP contribution in [0.15, 0.2) is 65.7 Å². The molecule has 2 aromatic carbocycles. The van der Waals surface area contributed by atoms with Gasteiger partial charge in [0.15, 0.2) is 5.82 Å². The number of hydrogen-bond acceptors (Lipinski definition) is 4. The van der Waals surface area contributed by atoms with Crippen molar-refractivity contribution in [2.24, 2.45) is 0 Å². The van der Waals surface area contributed by atoms with Crippen molar-refractivity contribution in [2.75, 3.05) is 25.2 Å². The van der Waals surface area contributed by atoms with Crippen LogP contribution in [0.4, 0.5) is 5.82 Å². The molecule has 1 heterocycles. The zero-order chi connectivity index (χ0) is 20.1. The predicted molar refractivity (Wildman–Crippen MR) is 112 cm³/mol. The van der Waals surface area contributed by atoms with Crippen molar-refractivity contribution in [3.8, 4) is 5.69 Å². The number of carbonyl (C=O) groups is 2. The van der Waals surface area contributed by atoms with E-state index in [1.165, 1.54) is 16.7 Å². The van der Waals surface area contributed by atoms with Crippen LogP contribution in [-0.2, 0) is 4.79 Å². The molecular weight excluding hydrogens is 372 g/mol. The lowest BCUT2D eigenvalue weighted by molar-refractivity contribution is -0.125. The average Bonchev–Trinajstić information content (AvgIpc) is 3.07. The second-order valence-electron chi connectivity index (χ2n) is 6.47. The SMILES string of the molecule is Cc1cn(-c2ccccc2)nc1NC(=O)c1ccccc1SCC(=O)N(C)C. The quantitative estimate of drug-likeness (QED) is 0.649. The van der Waals surface area contributed by atoms with Crippen LogP contribution in [0.5, 0.6) is 0 Å². The first kappa shape index (κ1) is 19.7. The van der Waals surface area contributed by atoms with E-state index in [1.54, 1.807) is 24.8 Å². The van der Waals surface area contributed by atoms with Gasteiger partial charge in [-0.3, -0.25) is 9.59 Å². The van der Waals surface area contributed by atoms with Crippen molar-refractivity contribution in [3.05, 3.63) is 71.9 Å². The van der Waals surface area contributed by atoms with Gasteiger partial charge in [0, 0.05) is 30.8 Å². The minimum atomic E-state index is -0.248. The molecule has 0 unspecified atom stereocenters. The van der Waals surface area contributed by atoms with E-state index in [0.29, 0.717) is 11.4 Å². The first-order valence-corrected chi connectivity index (χ1v) is 9.79. The molecule has 3 rings (SSSR count). The smallest absolute Gasteiger partial charge is 0.258 e. The fourth-order valence-electron chi connectivity index (χ4n) is 2.52. The predicted octanol–water partition coefficient (Wildman–Crippen LogP) is 3.61. The van der Waals surface area contributed by atoms with Gasteiger partial charge < -0.3 is 10.2 Å². The lowest BCUT2D eigenvalue weighted by atomic mass is 10.2. The van der Waals surface area contributed by atoms with Crippen LogP contribution in [0.3, 0.4) is 0 Å². The minimum absolute atomic E-state index is 0.00217. The Bertz CT molecular complexity index is 983. The molecule has 2 amide bonds. The summed E-state index contributed by atoms with van der Waals surface area (Å²) in [6.45, 7) is 1.90. The molecule has 0 fully saturated rings. The Morgan fingerprint density at radius 2 is 1.75 bits per heavy atom. The largest absolute Gasteiger partial charge is 0.348 e. The highest BCUT2D eigenvalue weighted by Crippen LogP contribution is 2.24. The number of nitrogens with zero attached hydrogens (tertiary/aromatic N) is 3. The summed E-state index contributed by atoms with van der Waals surface area (Å²) in [6.07, 6.45) is 1.88. The number of aromatic nitrogens is 2. The van der Waals surface area contributed by atoms with Crippen LogP contribution in [0, 0.1) is 6.92 Å². The lowest BCUT2D eigenvalue weighted by Gasteiger charge is -2.12. The fourth-order valence-corrected chi connectivity index (χ4v) is 3.55. The summed E-state index contributed by atoms with van der Waals surface area (Å²) in [4.78, 5) is 27.0. The highest BCUT2D eigenvalue weighted by Gasteiger charge is 2.16. The molecule has 0 saturated carbocycles. The number of aryl methyl sites for hydroxylation is 1. The molecule has 0 bridgehead atoms. The molecule has 3 aromatic rings. The molecular formula is C21H22N4O2S. The van der Waals surface area contributed by atoms with Gasteiger partial charge in [0.25, 0.3) is 5.91 Å². The Hall–Kier alpha value is -3.06. The van der Waals surface area contributed by atoms with E-state index in [4.69, 9.17) is 0 Å². The molecule has 0 spiro atoms. The van der Waals surface area contributed by atoms with Gasteiger partial charge in [-0.1, -0.05) is 30.3 Å². The van der Waals surface area contributed by atoms with Crippen molar-refractivity contribution in [2.45, 2.75) is 11.8 Å². The zero-order valence-corrected chi connectivity index (χ0v) is 16.9.